The van der Waals surface area contributed by atoms with Crippen molar-refractivity contribution in [2.24, 2.45) is 0 Å². The van der Waals surface area contributed by atoms with Gasteiger partial charge in [-0.25, -0.2) is 0 Å². The van der Waals surface area contributed by atoms with Crippen molar-refractivity contribution < 1.29 is 9.21 Å². The summed E-state index contributed by atoms with van der Waals surface area (Å²) in [4.78, 5) is 12.2. The van der Waals surface area contributed by atoms with E-state index in [2.05, 4.69) is 15.5 Å². The zero-order valence-electron chi connectivity index (χ0n) is 13.6. The van der Waals surface area contributed by atoms with Gasteiger partial charge in [-0.2, -0.15) is 0 Å². The van der Waals surface area contributed by atoms with Crippen LogP contribution in [-0.2, 0) is 11.2 Å². The van der Waals surface area contributed by atoms with Crippen LogP contribution in [0.2, 0.25) is 10.0 Å². The smallest absolute Gasteiger partial charge is 0.322 e. The van der Waals surface area contributed by atoms with Gasteiger partial charge < -0.3 is 4.42 Å². The van der Waals surface area contributed by atoms with Gasteiger partial charge in [0.2, 0.25) is 11.8 Å². The number of hydrogen-bond donors (Lipinski definition) is 1. The molecule has 128 valence electrons. The molecule has 7 heteroatoms. The molecule has 25 heavy (non-hydrogen) atoms. The fourth-order valence-electron chi connectivity index (χ4n) is 2.45. The second-order valence-corrected chi connectivity index (χ2v) is 6.60. The molecule has 0 bridgehead atoms. The molecule has 0 fully saturated rings. The van der Waals surface area contributed by atoms with Crippen molar-refractivity contribution in [2.45, 2.75) is 20.3 Å². The van der Waals surface area contributed by atoms with E-state index in [0.29, 0.717) is 15.6 Å². The van der Waals surface area contributed by atoms with Crippen LogP contribution < -0.4 is 5.32 Å². The Morgan fingerprint density at radius 1 is 1.08 bits per heavy atom. The number of nitrogens with one attached hydrogen (secondary N) is 1. The van der Waals surface area contributed by atoms with Crippen LogP contribution in [0.5, 0.6) is 0 Å². The summed E-state index contributed by atoms with van der Waals surface area (Å²) >= 11 is 11.9. The van der Waals surface area contributed by atoms with Gasteiger partial charge in [0.15, 0.2) is 0 Å². The topological polar surface area (TPSA) is 68.0 Å². The Morgan fingerprint density at radius 3 is 2.48 bits per heavy atom. The number of anilines is 1. The highest BCUT2D eigenvalue weighted by atomic mass is 35.5. The van der Waals surface area contributed by atoms with Crippen LogP contribution in [0, 0.1) is 13.8 Å². The lowest BCUT2D eigenvalue weighted by molar-refractivity contribution is -0.115. The molecule has 0 atom stereocenters. The Bertz CT molecular complexity index is 918. The maximum absolute atomic E-state index is 12.2. The molecule has 0 aliphatic heterocycles. The number of amides is 1. The van der Waals surface area contributed by atoms with Crippen molar-refractivity contribution in [2.75, 3.05) is 5.32 Å². The lowest BCUT2D eigenvalue weighted by Crippen LogP contribution is -2.15. The molecule has 3 aromatic rings. The third-order valence-corrected chi connectivity index (χ3v) is 4.07. The van der Waals surface area contributed by atoms with Crippen LogP contribution in [0.3, 0.4) is 0 Å². The van der Waals surface area contributed by atoms with Gasteiger partial charge in [0.05, 0.1) is 6.42 Å². The molecule has 0 unspecified atom stereocenters. The van der Waals surface area contributed by atoms with Gasteiger partial charge in [-0.15, -0.1) is 5.10 Å². The fourth-order valence-corrected chi connectivity index (χ4v) is 2.97. The second-order valence-electron chi connectivity index (χ2n) is 5.73. The van der Waals surface area contributed by atoms with Crippen molar-refractivity contribution in [3.8, 4) is 11.5 Å². The summed E-state index contributed by atoms with van der Waals surface area (Å²) in [7, 11) is 0. The molecule has 0 saturated heterocycles. The zero-order chi connectivity index (χ0) is 18.0. The monoisotopic (exact) mass is 375 g/mol. The SMILES string of the molecule is Cc1ccc(CC(=O)Nc2nnc(-c3cc(Cl)cc(Cl)c3)o2)c(C)c1. The fraction of sp³-hybridized carbons (Fsp3) is 0.167. The van der Waals surface area contributed by atoms with E-state index < -0.39 is 0 Å². The summed E-state index contributed by atoms with van der Waals surface area (Å²) in [6, 6.07) is 10.9. The molecule has 3 rings (SSSR count). The number of aryl methyl sites for hydroxylation is 2. The quantitative estimate of drug-likeness (QED) is 0.707. The third kappa shape index (κ3) is 4.38. The van der Waals surface area contributed by atoms with Gasteiger partial charge in [0.1, 0.15) is 0 Å². The number of benzene rings is 2. The summed E-state index contributed by atoms with van der Waals surface area (Å²) in [6.45, 7) is 3.99. The highest BCUT2D eigenvalue weighted by Gasteiger charge is 2.13. The first-order valence-electron chi connectivity index (χ1n) is 7.56. The number of hydrogen-bond acceptors (Lipinski definition) is 4. The molecule has 0 aliphatic carbocycles. The van der Waals surface area contributed by atoms with Crippen molar-refractivity contribution in [1.29, 1.82) is 0 Å². The largest absolute Gasteiger partial charge is 0.403 e. The Labute approximate surface area is 155 Å². The highest BCUT2D eigenvalue weighted by molar-refractivity contribution is 6.35. The van der Waals surface area contributed by atoms with Gasteiger partial charge in [0, 0.05) is 15.6 Å². The molecular formula is C18H15Cl2N3O2. The number of nitrogens with zero attached hydrogens (tertiary/aromatic N) is 2. The van der Waals surface area contributed by atoms with Crippen molar-refractivity contribution in [1.82, 2.24) is 10.2 Å². The highest BCUT2D eigenvalue weighted by Crippen LogP contribution is 2.27. The minimum Gasteiger partial charge on any atom is -0.403 e. The molecule has 1 heterocycles. The number of carbonyl (C=O) groups excluding carboxylic acids is 1. The minimum absolute atomic E-state index is 0.0286. The van der Waals surface area contributed by atoms with Crippen LogP contribution in [0.4, 0.5) is 6.01 Å². The second kappa shape index (κ2) is 7.25. The summed E-state index contributed by atoms with van der Waals surface area (Å²) in [5, 5.41) is 11.3. The average Bonchev–Trinajstić information content (AvgIpc) is 2.97. The molecule has 0 spiro atoms. The Hall–Kier alpha value is -2.37. The number of rotatable bonds is 4. The predicted octanol–water partition coefficient (Wildman–Crippen LogP) is 4.84. The van der Waals surface area contributed by atoms with E-state index in [4.69, 9.17) is 27.6 Å². The van der Waals surface area contributed by atoms with Gasteiger partial charge in [-0.05, 0) is 43.2 Å². The number of carbonyl (C=O) groups is 1. The average molecular weight is 376 g/mol. The first kappa shape index (κ1) is 17.5. The normalized spacial score (nSPS) is 10.7. The van der Waals surface area contributed by atoms with E-state index in [0.717, 1.165) is 16.7 Å². The van der Waals surface area contributed by atoms with E-state index in [-0.39, 0.29) is 24.2 Å². The van der Waals surface area contributed by atoms with Gasteiger partial charge >= 0.3 is 6.01 Å². The first-order valence-corrected chi connectivity index (χ1v) is 8.32. The number of aromatic nitrogens is 2. The molecule has 5 nitrogen and oxygen atoms in total. The van der Waals surface area contributed by atoms with Gasteiger partial charge in [-0.3, -0.25) is 10.1 Å². The Kier molecular flexibility index (Phi) is 5.06. The number of halogens is 2. The molecule has 1 N–H and O–H groups in total. The zero-order valence-corrected chi connectivity index (χ0v) is 15.1. The predicted molar refractivity (Wildman–Crippen MR) is 98.0 cm³/mol. The van der Waals surface area contributed by atoms with Gasteiger partial charge in [-0.1, -0.05) is 52.1 Å². The Balaban J connectivity index is 1.71. The van der Waals surface area contributed by atoms with Crippen LogP contribution in [0.1, 0.15) is 16.7 Å². The van der Waals surface area contributed by atoms with E-state index >= 15 is 0 Å². The van der Waals surface area contributed by atoms with Crippen LogP contribution in [0.25, 0.3) is 11.5 Å². The van der Waals surface area contributed by atoms with E-state index in [1.165, 1.54) is 0 Å². The van der Waals surface area contributed by atoms with Crippen LogP contribution >= 0.6 is 23.2 Å². The van der Waals surface area contributed by atoms with Crippen molar-refractivity contribution in [3.05, 3.63) is 63.1 Å². The molecule has 0 radical (unpaired) electrons. The lowest BCUT2D eigenvalue weighted by Gasteiger charge is -2.06. The summed E-state index contributed by atoms with van der Waals surface area (Å²) < 4.78 is 5.47. The molecule has 0 aliphatic rings. The summed E-state index contributed by atoms with van der Waals surface area (Å²) in [6.07, 6.45) is 0.229. The maximum atomic E-state index is 12.2. The minimum atomic E-state index is -0.230. The third-order valence-electron chi connectivity index (χ3n) is 3.63. The van der Waals surface area contributed by atoms with E-state index in [9.17, 15) is 4.79 Å². The van der Waals surface area contributed by atoms with Crippen molar-refractivity contribution in [3.63, 3.8) is 0 Å². The first-order chi connectivity index (χ1) is 11.9. The van der Waals surface area contributed by atoms with Crippen LogP contribution in [0.15, 0.2) is 40.8 Å². The molecule has 1 aromatic heterocycles. The lowest BCUT2D eigenvalue weighted by atomic mass is 10.0. The van der Waals surface area contributed by atoms with E-state index in [1.807, 2.05) is 32.0 Å². The van der Waals surface area contributed by atoms with Crippen LogP contribution in [-0.4, -0.2) is 16.1 Å². The summed E-state index contributed by atoms with van der Waals surface area (Å²) in [5.41, 5.74) is 3.75. The maximum Gasteiger partial charge on any atom is 0.322 e. The molecule has 0 saturated carbocycles. The van der Waals surface area contributed by atoms with Gasteiger partial charge in [0.25, 0.3) is 0 Å². The summed E-state index contributed by atoms with van der Waals surface area (Å²) in [5.74, 6) is -0.00232. The molecule has 1 amide bonds. The Morgan fingerprint density at radius 2 is 1.80 bits per heavy atom. The molecular weight excluding hydrogens is 361 g/mol. The standard InChI is InChI=1S/C18H15Cl2N3O2/c1-10-3-4-12(11(2)5-10)8-16(24)21-18-23-22-17(25-18)13-6-14(19)9-15(20)7-13/h3-7,9H,8H2,1-2H3,(H,21,23,24). The van der Waals surface area contributed by atoms with Crippen molar-refractivity contribution >= 4 is 35.1 Å². The molecule has 2 aromatic carbocycles. The van der Waals surface area contributed by atoms with E-state index in [1.54, 1.807) is 18.2 Å².